The fourth-order valence-electron chi connectivity index (χ4n) is 5.56. The lowest BCUT2D eigenvalue weighted by molar-refractivity contribution is 0.231. The highest BCUT2D eigenvalue weighted by Crippen LogP contribution is 2.47. The molecule has 3 aromatic rings. The van der Waals surface area contributed by atoms with E-state index in [2.05, 4.69) is 57.6 Å². The molecule has 0 bridgehead atoms. The van der Waals surface area contributed by atoms with Gasteiger partial charge in [-0.25, -0.2) is 4.79 Å². The highest BCUT2D eigenvalue weighted by molar-refractivity contribution is 5.98. The molecule has 188 valence electrons. The highest BCUT2D eigenvalue weighted by atomic mass is 16.5. The van der Waals surface area contributed by atoms with E-state index in [1.807, 2.05) is 13.0 Å². The third-order valence-electron chi connectivity index (χ3n) is 7.89. The Hall–Kier alpha value is -3.48. The summed E-state index contributed by atoms with van der Waals surface area (Å²) in [5.41, 5.74) is 5.45. The molecule has 0 radical (unpaired) electrons. The number of rotatable bonds is 7. The number of carbonyl (C=O) groups is 1. The van der Waals surface area contributed by atoms with E-state index < -0.39 is 0 Å². The largest absolute Gasteiger partial charge is 0.494 e. The number of carbonyl (C=O) groups excluding carboxylic acids is 1. The molecule has 2 saturated carbocycles. The minimum atomic E-state index is -0.112. The normalized spacial score (nSPS) is 20.1. The third-order valence-corrected chi connectivity index (χ3v) is 7.89. The van der Waals surface area contributed by atoms with Crippen LogP contribution in [0.15, 0.2) is 52.8 Å². The molecular weight excluding hydrogens is 452 g/mol. The van der Waals surface area contributed by atoms with Crippen molar-refractivity contribution in [1.82, 2.24) is 20.4 Å². The molecule has 7 nitrogen and oxygen atoms in total. The van der Waals surface area contributed by atoms with Gasteiger partial charge in [-0.2, -0.15) is 0 Å². The number of allylic oxidation sites excluding steroid dienone is 3. The minimum Gasteiger partial charge on any atom is -0.494 e. The summed E-state index contributed by atoms with van der Waals surface area (Å²) in [6.45, 7) is 4.70. The van der Waals surface area contributed by atoms with E-state index in [0.717, 1.165) is 47.6 Å². The zero-order valence-electron chi connectivity index (χ0n) is 21.0. The SMILES string of the molecule is CCOc1ccc2c(-c3oncc3C)c(C3C=CC(NC(=O)NC4CCC4)=CC3)n(C3CCC3)c2c1. The Morgan fingerprint density at radius 2 is 2.06 bits per heavy atom. The molecule has 1 aromatic carbocycles. The van der Waals surface area contributed by atoms with Crippen LogP contribution >= 0.6 is 0 Å². The van der Waals surface area contributed by atoms with Gasteiger partial charge < -0.3 is 24.5 Å². The van der Waals surface area contributed by atoms with Crippen LogP contribution in [0.25, 0.3) is 22.2 Å². The van der Waals surface area contributed by atoms with Crippen molar-refractivity contribution in [3.63, 3.8) is 0 Å². The molecule has 1 atom stereocenters. The number of nitrogens with zero attached hydrogens (tertiary/aromatic N) is 2. The minimum absolute atomic E-state index is 0.112. The fourth-order valence-corrected chi connectivity index (χ4v) is 5.56. The quantitative estimate of drug-likeness (QED) is 0.399. The average molecular weight is 487 g/mol. The first-order valence-corrected chi connectivity index (χ1v) is 13.3. The van der Waals surface area contributed by atoms with Crippen LogP contribution in [-0.2, 0) is 0 Å². The van der Waals surface area contributed by atoms with Gasteiger partial charge in [-0.05, 0) is 77.0 Å². The lowest BCUT2D eigenvalue weighted by Gasteiger charge is -2.32. The van der Waals surface area contributed by atoms with Crippen LogP contribution in [0, 0.1) is 6.92 Å². The number of benzene rings is 1. The number of aryl methyl sites for hydroxylation is 1. The van der Waals surface area contributed by atoms with Gasteiger partial charge in [0.1, 0.15) is 5.75 Å². The standard InChI is InChI=1S/C29H34N4O3/c1-3-35-23-14-15-24-25(16-23)33(22-8-5-9-22)27(26(24)28-18(2)17-30-36-28)19-10-12-21(13-11-19)32-29(34)31-20-6-4-7-20/h10,12-17,19-20,22H,3-9,11H2,1-2H3,(H2,31,32,34). The Labute approximate surface area is 211 Å². The summed E-state index contributed by atoms with van der Waals surface area (Å²) in [5.74, 6) is 1.88. The van der Waals surface area contributed by atoms with Crippen molar-refractivity contribution in [2.75, 3.05) is 6.61 Å². The van der Waals surface area contributed by atoms with E-state index >= 15 is 0 Å². The van der Waals surface area contributed by atoms with Crippen LogP contribution < -0.4 is 15.4 Å². The number of ether oxygens (including phenoxy) is 1. The maximum absolute atomic E-state index is 12.4. The number of aromatic nitrogens is 2. The van der Waals surface area contributed by atoms with Gasteiger partial charge in [-0.1, -0.05) is 17.3 Å². The second-order valence-electron chi connectivity index (χ2n) is 10.3. The lowest BCUT2D eigenvalue weighted by Crippen LogP contribution is -2.44. The van der Waals surface area contributed by atoms with Crippen molar-refractivity contribution in [2.24, 2.45) is 0 Å². The van der Waals surface area contributed by atoms with Crippen LogP contribution in [0.1, 0.15) is 75.1 Å². The maximum atomic E-state index is 12.4. The Morgan fingerprint density at radius 1 is 1.22 bits per heavy atom. The van der Waals surface area contributed by atoms with E-state index in [0.29, 0.717) is 18.7 Å². The number of urea groups is 1. The number of nitrogens with one attached hydrogen (secondary N) is 2. The molecule has 2 heterocycles. The van der Waals surface area contributed by atoms with Crippen molar-refractivity contribution in [3.8, 4) is 17.1 Å². The predicted molar refractivity (Wildman–Crippen MR) is 140 cm³/mol. The van der Waals surface area contributed by atoms with Crippen molar-refractivity contribution in [1.29, 1.82) is 0 Å². The molecule has 6 rings (SSSR count). The van der Waals surface area contributed by atoms with Crippen molar-refractivity contribution >= 4 is 16.9 Å². The van der Waals surface area contributed by atoms with Crippen LogP contribution in [0.4, 0.5) is 4.79 Å². The first-order chi connectivity index (χ1) is 17.6. The molecule has 2 fully saturated rings. The summed E-state index contributed by atoms with van der Waals surface area (Å²) in [7, 11) is 0. The van der Waals surface area contributed by atoms with E-state index in [1.165, 1.54) is 42.3 Å². The van der Waals surface area contributed by atoms with Crippen molar-refractivity contribution in [3.05, 3.63) is 59.6 Å². The summed E-state index contributed by atoms with van der Waals surface area (Å²) in [6.07, 6.45) is 15.9. The first kappa shape index (κ1) is 23.0. The van der Waals surface area contributed by atoms with Gasteiger partial charge in [-0.15, -0.1) is 0 Å². The summed E-state index contributed by atoms with van der Waals surface area (Å²) in [5, 5.41) is 11.4. The van der Waals surface area contributed by atoms with E-state index in [-0.39, 0.29) is 11.9 Å². The van der Waals surface area contributed by atoms with Gasteiger partial charge >= 0.3 is 6.03 Å². The van der Waals surface area contributed by atoms with Gasteiger partial charge in [0, 0.05) is 52.0 Å². The molecule has 7 heteroatoms. The molecular formula is C29H34N4O3. The second kappa shape index (κ2) is 9.52. The molecule has 2 amide bonds. The van der Waals surface area contributed by atoms with Gasteiger partial charge in [0.2, 0.25) is 0 Å². The molecule has 2 aromatic heterocycles. The van der Waals surface area contributed by atoms with Crippen LogP contribution in [0.3, 0.4) is 0 Å². The molecule has 0 saturated heterocycles. The van der Waals surface area contributed by atoms with Gasteiger partial charge in [0.05, 0.1) is 18.3 Å². The Morgan fingerprint density at radius 3 is 2.67 bits per heavy atom. The van der Waals surface area contributed by atoms with E-state index in [4.69, 9.17) is 9.26 Å². The number of hydrogen-bond donors (Lipinski definition) is 2. The topological polar surface area (TPSA) is 81.3 Å². The predicted octanol–water partition coefficient (Wildman–Crippen LogP) is 6.51. The Kier molecular flexibility index (Phi) is 6.07. The molecule has 3 aliphatic rings. The molecule has 0 spiro atoms. The number of amides is 2. The summed E-state index contributed by atoms with van der Waals surface area (Å²) >= 11 is 0. The van der Waals surface area contributed by atoms with Crippen molar-refractivity contribution < 1.29 is 14.1 Å². The molecule has 2 N–H and O–H groups in total. The summed E-state index contributed by atoms with van der Waals surface area (Å²) in [4.78, 5) is 12.4. The third kappa shape index (κ3) is 4.10. The molecule has 1 unspecified atom stereocenters. The fraction of sp³-hybridized carbons (Fsp3) is 0.448. The zero-order valence-corrected chi connectivity index (χ0v) is 21.0. The van der Waals surface area contributed by atoms with E-state index in [1.54, 1.807) is 6.20 Å². The Bertz CT molecular complexity index is 1340. The highest BCUT2D eigenvalue weighted by Gasteiger charge is 2.32. The summed E-state index contributed by atoms with van der Waals surface area (Å²) < 4.78 is 14.3. The number of fused-ring (bicyclic) bond motifs is 1. The van der Waals surface area contributed by atoms with Gasteiger partial charge in [-0.3, -0.25) is 0 Å². The van der Waals surface area contributed by atoms with Gasteiger partial charge in [0.25, 0.3) is 0 Å². The van der Waals surface area contributed by atoms with E-state index in [9.17, 15) is 4.79 Å². The van der Waals surface area contributed by atoms with Crippen molar-refractivity contribution in [2.45, 2.75) is 76.8 Å². The lowest BCUT2D eigenvalue weighted by atomic mass is 9.88. The summed E-state index contributed by atoms with van der Waals surface area (Å²) in [6, 6.07) is 7.06. The van der Waals surface area contributed by atoms with Crippen LogP contribution in [-0.4, -0.2) is 28.4 Å². The van der Waals surface area contributed by atoms with Crippen LogP contribution in [0.5, 0.6) is 5.75 Å². The maximum Gasteiger partial charge on any atom is 0.319 e. The first-order valence-electron chi connectivity index (χ1n) is 13.3. The number of hydrogen-bond acceptors (Lipinski definition) is 4. The van der Waals surface area contributed by atoms with Gasteiger partial charge in [0.15, 0.2) is 5.76 Å². The monoisotopic (exact) mass is 486 g/mol. The average Bonchev–Trinajstić information content (AvgIpc) is 3.37. The van der Waals surface area contributed by atoms with Crippen LogP contribution in [0.2, 0.25) is 0 Å². The molecule has 0 aliphatic heterocycles. The zero-order chi connectivity index (χ0) is 24.6. The smallest absolute Gasteiger partial charge is 0.319 e. The second-order valence-corrected chi connectivity index (χ2v) is 10.3. The molecule has 36 heavy (non-hydrogen) atoms. The Balaban J connectivity index is 1.39. The molecule has 3 aliphatic carbocycles.